The molecule has 0 amide bonds. The van der Waals surface area contributed by atoms with Crippen LogP contribution < -0.4 is 0 Å². The first-order valence-corrected chi connectivity index (χ1v) is 7.48. The molecule has 0 aromatic heterocycles. The number of hydrogen-bond donors (Lipinski definition) is 2. The molecule has 0 spiro atoms. The monoisotopic (exact) mass is 256 g/mol. The lowest BCUT2D eigenvalue weighted by atomic mass is 9.59. The molecule has 3 heteroatoms. The van der Waals surface area contributed by atoms with Gasteiger partial charge in [0.15, 0.2) is 5.60 Å². The Bertz CT molecular complexity index is 277. The van der Waals surface area contributed by atoms with Gasteiger partial charge in [-0.2, -0.15) is 0 Å². The van der Waals surface area contributed by atoms with Crippen molar-refractivity contribution in [2.24, 2.45) is 5.41 Å². The fraction of sp³-hybridized carbons (Fsp3) is 0.933. The zero-order chi connectivity index (χ0) is 13.6. The molecular formula is C15H28O3. The van der Waals surface area contributed by atoms with Crippen molar-refractivity contribution in [2.75, 3.05) is 0 Å². The van der Waals surface area contributed by atoms with E-state index in [1.165, 1.54) is 12.8 Å². The molecule has 1 rings (SSSR count). The summed E-state index contributed by atoms with van der Waals surface area (Å²) in [5.74, 6) is -1.01. The van der Waals surface area contributed by atoms with E-state index in [9.17, 15) is 15.0 Å². The lowest BCUT2D eigenvalue weighted by Gasteiger charge is -2.48. The molecule has 0 aromatic carbocycles. The minimum atomic E-state index is -1.49. The summed E-state index contributed by atoms with van der Waals surface area (Å²) in [6.45, 7) is 4.20. The first kappa shape index (κ1) is 15.5. The van der Waals surface area contributed by atoms with Crippen LogP contribution in [0.15, 0.2) is 0 Å². The van der Waals surface area contributed by atoms with Gasteiger partial charge in [-0.15, -0.1) is 0 Å². The van der Waals surface area contributed by atoms with E-state index < -0.39 is 17.0 Å². The summed E-state index contributed by atoms with van der Waals surface area (Å²) in [6, 6.07) is 0. The number of rotatable bonds is 7. The number of carboxylic acids is 1. The fourth-order valence-corrected chi connectivity index (χ4v) is 3.52. The van der Waals surface area contributed by atoms with Crippen molar-refractivity contribution in [1.82, 2.24) is 0 Å². The van der Waals surface area contributed by atoms with E-state index in [-0.39, 0.29) is 0 Å². The Labute approximate surface area is 111 Å². The second-order valence-corrected chi connectivity index (χ2v) is 5.82. The number of aliphatic carboxylic acids is 1. The van der Waals surface area contributed by atoms with Crippen LogP contribution in [0.3, 0.4) is 0 Å². The molecule has 2 N–H and O–H groups in total. The molecule has 0 radical (unpaired) electrons. The van der Waals surface area contributed by atoms with Gasteiger partial charge in [0, 0.05) is 5.41 Å². The highest BCUT2D eigenvalue weighted by molar-refractivity contribution is 5.78. The number of carboxylic acid groups (broad SMARTS) is 1. The highest BCUT2D eigenvalue weighted by Gasteiger charge is 2.55. The molecule has 2 unspecified atom stereocenters. The van der Waals surface area contributed by atoms with Gasteiger partial charge in [-0.25, -0.2) is 4.79 Å². The summed E-state index contributed by atoms with van der Waals surface area (Å²) < 4.78 is 0. The topological polar surface area (TPSA) is 57.5 Å². The van der Waals surface area contributed by atoms with E-state index >= 15 is 0 Å². The largest absolute Gasteiger partial charge is 0.479 e. The van der Waals surface area contributed by atoms with Gasteiger partial charge in [0.1, 0.15) is 0 Å². The van der Waals surface area contributed by atoms with E-state index in [2.05, 4.69) is 6.92 Å². The van der Waals surface area contributed by atoms with Crippen LogP contribution in [0.5, 0.6) is 0 Å². The second-order valence-electron chi connectivity index (χ2n) is 5.82. The molecule has 0 aliphatic heterocycles. The Balaban J connectivity index is 2.76. The van der Waals surface area contributed by atoms with Crippen molar-refractivity contribution in [1.29, 1.82) is 0 Å². The van der Waals surface area contributed by atoms with Gasteiger partial charge in [0.05, 0.1) is 0 Å². The van der Waals surface area contributed by atoms with Gasteiger partial charge in [0.2, 0.25) is 0 Å². The van der Waals surface area contributed by atoms with Crippen molar-refractivity contribution in [3.05, 3.63) is 0 Å². The molecule has 0 aromatic rings. The molecule has 1 fully saturated rings. The van der Waals surface area contributed by atoms with Crippen LogP contribution >= 0.6 is 0 Å². The van der Waals surface area contributed by atoms with Crippen LogP contribution in [-0.4, -0.2) is 21.8 Å². The molecule has 2 atom stereocenters. The Morgan fingerprint density at radius 1 is 1.11 bits per heavy atom. The van der Waals surface area contributed by atoms with Crippen LogP contribution in [0.4, 0.5) is 0 Å². The molecule has 106 valence electrons. The number of carbonyl (C=O) groups is 1. The van der Waals surface area contributed by atoms with Gasteiger partial charge in [-0.3, -0.25) is 0 Å². The van der Waals surface area contributed by atoms with Gasteiger partial charge in [0.25, 0.3) is 0 Å². The zero-order valence-electron chi connectivity index (χ0n) is 11.9. The molecule has 0 bridgehead atoms. The van der Waals surface area contributed by atoms with E-state index in [0.29, 0.717) is 6.42 Å². The minimum Gasteiger partial charge on any atom is -0.479 e. The summed E-state index contributed by atoms with van der Waals surface area (Å²) in [5.41, 5.74) is -1.89. The average molecular weight is 256 g/mol. The fourth-order valence-electron chi connectivity index (χ4n) is 3.52. The lowest BCUT2D eigenvalue weighted by molar-refractivity contribution is -0.185. The molecule has 0 saturated heterocycles. The average Bonchev–Trinajstić information content (AvgIpc) is 2.36. The molecule has 0 heterocycles. The number of unbranched alkanes of at least 4 members (excludes halogenated alkanes) is 3. The van der Waals surface area contributed by atoms with Gasteiger partial charge >= 0.3 is 5.97 Å². The number of hydrogen-bond acceptors (Lipinski definition) is 2. The highest BCUT2D eigenvalue weighted by atomic mass is 16.4. The first-order valence-electron chi connectivity index (χ1n) is 7.48. The smallest absolute Gasteiger partial charge is 0.336 e. The maximum atomic E-state index is 11.5. The van der Waals surface area contributed by atoms with Gasteiger partial charge in [-0.05, 0) is 32.1 Å². The minimum absolute atomic E-state index is 0.398. The van der Waals surface area contributed by atoms with Crippen LogP contribution in [0.1, 0.15) is 78.1 Å². The standard InChI is InChI=1S/C15H28O3/c1-3-5-6-7-10-14(4-2)11-8-9-12-15(14,18)13(16)17/h18H,3-12H2,1-2H3,(H,16,17). The predicted octanol–water partition coefficient (Wildman–Crippen LogP) is 3.74. The van der Waals surface area contributed by atoms with E-state index in [4.69, 9.17) is 0 Å². The van der Waals surface area contributed by atoms with Crippen LogP contribution in [-0.2, 0) is 4.79 Å². The van der Waals surface area contributed by atoms with Crippen LogP contribution in [0, 0.1) is 5.41 Å². The summed E-state index contributed by atoms with van der Waals surface area (Å²) in [4.78, 5) is 11.5. The number of aliphatic hydroxyl groups is 1. The van der Waals surface area contributed by atoms with Crippen molar-refractivity contribution >= 4 is 5.97 Å². The normalized spacial score (nSPS) is 32.4. The molecule has 18 heavy (non-hydrogen) atoms. The van der Waals surface area contributed by atoms with Crippen molar-refractivity contribution < 1.29 is 15.0 Å². The van der Waals surface area contributed by atoms with Crippen molar-refractivity contribution in [2.45, 2.75) is 83.7 Å². The van der Waals surface area contributed by atoms with Gasteiger partial charge in [-0.1, -0.05) is 46.0 Å². The highest BCUT2D eigenvalue weighted by Crippen LogP contribution is 2.50. The van der Waals surface area contributed by atoms with E-state index in [1.807, 2.05) is 6.92 Å². The second kappa shape index (κ2) is 6.55. The molecule has 3 nitrogen and oxygen atoms in total. The Kier molecular flexibility index (Phi) is 5.64. The summed E-state index contributed by atoms with van der Waals surface area (Å²) in [7, 11) is 0. The third-order valence-corrected chi connectivity index (χ3v) is 4.86. The van der Waals surface area contributed by atoms with E-state index in [0.717, 1.165) is 44.9 Å². The lowest BCUT2D eigenvalue weighted by Crippen LogP contribution is -2.56. The molecule has 1 saturated carbocycles. The first-order chi connectivity index (χ1) is 8.52. The maximum Gasteiger partial charge on any atom is 0.336 e. The third kappa shape index (κ3) is 2.87. The third-order valence-electron chi connectivity index (χ3n) is 4.86. The van der Waals surface area contributed by atoms with Crippen LogP contribution in [0.25, 0.3) is 0 Å². The van der Waals surface area contributed by atoms with Gasteiger partial charge < -0.3 is 10.2 Å². The van der Waals surface area contributed by atoms with Crippen molar-refractivity contribution in [3.63, 3.8) is 0 Å². The molecule has 1 aliphatic rings. The van der Waals surface area contributed by atoms with E-state index in [1.54, 1.807) is 0 Å². The predicted molar refractivity (Wildman–Crippen MR) is 72.5 cm³/mol. The quantitative estimate of drug-likeness (QED) is 0.682. The SMILES string of the molecule is CCCCCCC1(CC)CCCCC1(O)C(=O)O. The molecular weight excluding hydrogens is 228 g/mol. The summed E-state index contributed by atoms with van der Waals surface area (Å²) in [6.07, 6.45) is 9.35. The van der Waals surface area contributed by atoms with Crippen molar-refractivity contribution in [3.8, 4) is 0 Å². The Morgan fingerprint density at radius 2 is 1.78 bits per heavy atom. The maximum absolute atomic E-state index is 11.5. The molecule has 1 aliphatic carbocycles. The summed E-state index contributed by atoms with van der Waals surface area (Å²) in [5, 5.41) is 20.0. The summed E-state index contributed by atoms with van der Waals surface area (Å²) >= 11 is 0. The Hall–Kier alpha value is -0.570. The zero-order valence-corrected chi connectivity index (χ0v) is 11.9. The van der Waals surface area contributed by atoms with Crippen LogP contribution in [0.2, 0.25) is 0 Å². The Morgan fingerprint density at radius 3 is 2.33 bits per heavy atom.